The molecule has 3 rings (SSSR count). The summed E-state index contributed by atoms with van der Waals surface area (Å²) < 4.78 is 13.0. The number of anilines is 1. The predicted octanol–water partition coefficient (Wildman–Crippen LogP) is 4.28. The lowest BCUT2D eigenvalue weighted by Crippen LogP contribution is -2.43. The highest BCUT2D eigenvalue weighted by Crippen LogP contribution is 2.23. The van der Waals surface area contributed by atoms with Crippen molar-refractivity contribution < 1.29 is 14.0 Å². The molecule has 0 aromatic heterocycles. The van der Waals surface area contributed by atoms with E-state index in [2.05, 4.69) is 5.32 Å². The number of carbonyl (C=O) groups is 2. The van der Waals surface area contributed by atoms with Gasteiger partial charge in [0.2, 0.25) is 5.91 Å². The third-order valence-electron chi connectivity index (χ3n) is 4.61. The molecular weight excluding hydrogens is 355 g/mol. The normalized spacial score (nSPS) is 17.0. The Balaban J connectivity index is 1.65. The average molecular weight is 375 g/mol. The summed E-state index contributed by atoms with van der Waals surface area (Å²) in [5, 5.41) is 3.47. The van der Waals surface area contributed by atoms with Crippen molar-refractivity contribution in [2.45, 2.75) is 19.8 Å². The van der Waals surface area contributed by atoms with E-state index in [9.17, 15) is 14.0 Å². The van der Waals surface area contributed by atoms with Crippen LogP contribution >= 0.6 is 11.6 Å². The second-order valence-electron chi connectivity index (χ2n) is 6.55. The number of benzene rings is 2. The maximum absolute atomic E-state index is 13.0. The number of piperidine rings is 1. The number of aryl methyl sites for hydroxylation is 1. The number of halogens is 2. The van der Waals surface area contributed by atoms with E-state index in [1.165, 1.54) is 24.3 Å². The van der Waals surface area contributed by atoms with Gasteiger partial charge in [-0.2, -0.15) is 0 Å². The number of rotatable bonds is 3. The molecule has 1 fully saturated rings. The summed E-state index contributed by atoms with van der Waals surface area (Å²) >= 11 is 6.10. The third kappa shape index (κ3) is 4.22. The van der Waals surface area contributed by atoms with Crippen LogP contribution < -0.4 is 5.32 Å². The van der Waals surface area contributed by atoms with Crippen LogP contribution in [0.15, 0.2) is 42.5 Å². The summed E-state index contributed by atoms with van der Waals surface area (Å²) in [7, 11) is 0. The number of likely N-dealkylation sites (tertiary alicyclic amines) is 1. The molecule has 0 spiro atoms. The number of amides is 2. The van der Waals surface area contributed by atoms with E-state index in [4.69, 9.17) is 11.6 Å². The largest absolute Gasteiger partial charge is 0.338 e. The summed E-state index contributed by atoms with van der Waals surface area (Å²) in [4.78, 5) is 26.8. The van der Waals surface area contributed by atoms with E-state index in [-0.39, 0.29) is 23.5 Å². The van der Waals surface area contributed by atoms with Crippen molar-refractivity contribution in [1.82, 2.24) is 4.90 Å². The Morgan fingerprint density at radius 2 is 1.92 bits per heavy atom. The molecule has 0 radical (unpaired) electrons. The van der Waals surface area contributed by atoms with Crippen molar-refractivity contribution in [3.8, 4) is 0 Å². The average Bonchev–Trinajstić information content (AvgIpc) is 2.65. The number of hydrogen-bond acceptors (Lipinski definition) is 2. The van der Waals surface area contributed by atoms with Gasteiger partial charge >= 0.3 is 0 Å². The smallest absolute Gasteiger partial charge is 0.253 e. The highest BCUT2D eigenvalue weighted by atomic mass is 35.5. The predicted molar refractivity (Wildman–Crippen MR) is 99.8 cm³/mol. The van der Waals surface area contributed by atoms with Gasteiger partial charge in [-0.15, -0.1) is 0 Å². The lowest BCUT2D eigenvalue weighted by atomic mass is 9.96. The zero-order valence-corrected chi connectivity index (χ0v) is 15.2. The molecule has 26 heavy (non-hydrogen) atoms. The van der Waals surface area contributed by atoms with Gasteiger partial charge in [-0.1, -0.05) is 17.7 Å². The minimum absolute atomic E-state index is 0.124. The van der Waals surface area contributed by atoms with Crippen LogP contribution in [0.3, 0.4) is 0 Å². The molecule has 0 aliphatic carbocycles. The molecule has 4 nitrogen and oxygen atoms in total. The zero-order valence-electron chi connectivity index (χ0n) is 14.5. The molecule has 1 aliphatic rings. The van der Waals surface area contributed by atoms with Gasteiger partial charge in [-0.05, 0) is 61.7 Å². The van der Waals surface area contributed by atoms with Crippen molar-refractivity contribution in [3.05, 3.63) is 64.4 Å². The molecule has 1 saturated heterocycles. The first-order chi connectivity index (χ1) is 12.4. The first-order valence-corrected chi connectivity index (χ1v) is 8.93. The Morgan fingerprint density at radius 1 is 1.19 bits per heavy atom. The molecule has 2 amide bonds. The van der Waals surface area contributed by atoms with Gasteiger partial charge in [0.15, 0.2) is 0 Å². The van der Waals surface area contributed by atoms with Gasteiger partial charge in [0.25, 0.3) is 5.91 Å². The van der Waals surface area contributed by atoms with Crippen molar-refractivity contribution >= 4 is 29.1 Å². The molecule has 1 N–H and O–H groups in total. The van der Waals surface area contributed by atoms with Crippen LogP contribution in [0.25, 0.3) is 0 Å². The lowest BCUT2D eigenvalue weighted by Gasteiger charge is -2.32. The van der Waals surface area contributed by atoms with Crippen LogP contribution in [0.5, 0.6) is 0 Å². The summed E-state index contributed by atoms with van der Waals surface area (Å²) in [5.41, 5.74) is 2.02. The quantitative estimate of drug-likeness (QED) is 0.871. The summed E-state index contributed by atoms with van der Waals surface area (Å²) in [6, 6.07) is 10.8. The van der Waals surface area contributed by atoms with Crippen molar-refractivity contribution in [3.63, 3.8) is 0 Å². The summed E-state index contributed by atoms with van der Waals surface area (Å²) in [5.74, 6) is -0.968. The second-order valence-corrected chi connectivity index (χ2v) is 6.96. The topological polar surface area (TPSA) is 49.4 Å². The van der Waals surface area contributed by atoms with Gasteiger partial charge in [0.05, 0.1) is 5.92 Å². The fraction of sp³-hybridized carbons (Fsp3) is 0.300. The summed E-state index contributed by atoms with van der Waals surface area (Å²) in [6.45, 7) is 2.84. The molecular formula is C20H20ClFN2O2. The molecule has 0 saturated carbocycles. The molecule has 2 aromatic carbocycles. The Bertz CT molecular complexity index is 823. The first-order valence-electron chi connectivity index (χ1n) is 8.56. The number of hydrogen-bond donors (Lipinski definition) is 1. The minimum Gasteiger partial charge on any atom is -0.338 e. The molecule has 1 heterocycles. The third-order valence-corrected chi connectivity index (χ3v) is 5.02. The van der Waals surface area contributed by atoms with Crippen LogP contribution in [0.4, 0.5) is 10.1 Å². The number of carbonyl (C=O) groups excluding carboxylic acids is 2. The van der Waals surface area contributed by atoms with Gasteiger partial charge in [-0.3, -0.25) is 9.59 Å². The van der Waals surface area contributed by atoms with Crippen LogP contribution in [-0.4, -0.2) is 29.8 Å². The number of nitrogens with one attached hydrogen (secondary N) is 1. The van der Waals surface area contributed by atoms with Crippen LogP contribution in [0.2, 0.25) is 5.02 Å². The Morgan fingerprint density at radius 3 is 2.62 bits per heavy atom. The molecule has 136 valence electrons. The highest BCUT2D eigenvalue weighted by Gasteiger charge is 2.29. The maximum Gasteiger partial charge on any atom is 0.253 e. The molecule has 1 aliphatic heterocycles. The second kappa shape index (κ2) is 7.87. The molecule has 1 atom stereocenters. The lowest BCUT2D eigenvalue weighted by molar-refractivity contribution is -0.121. The molecule has 0 bridgehead atoms. The fourth-order valence-corrected chi connectivity index (χ4v) is 3.25. The maximum atomic E-state index is 13.0. The van der Waals surface area contributed by atoms with E-state index < -0.39 is 0 Å². The van der Waals surface area contributed by atoms with Crippen LogP contribution in [0, 0.1) is 18.7 Å². The van der Waals surface area contributed by atoms with Crippen LogP contribution in [0.1, 0.15) is 28.8 Å². The van der Waals surface area contributed by atoms with E-state index >= 15 is 0 Å². The van der Waals surface area contributed by atoms with E-state index in [1.54, 1.807) is 11.0 Å². The number of nitrogens with zero attached hydrogens (tertiary/aromatic N) is 1. The van der Waals surface area contributed by atoms with E-state index in [0.717, 1.165) is 18.4 Å². The minimum atomic E-state index is -0.380. The Kier molecular flexibility index (Phi) is 5.57. The highest BCUT2D eigenvalue weighted by molar-refractivity contribution is 6.31. The molecule has 6 heteroatoms. The first kappa shape index (κ1) is 18.4. The van der Waals surface area contributed by atoms with E-state index in [1.807, 2.05) is 19.1 Å². The van der Waals surface area contributed by atoms with Crippen molar-refractivity contribution in [2.75, 3.05) is 18.4 Å². The Hall–Kier alpha value is -2.40. The van der Waals surface area contributed by atoms with Crippen molar-refractivity contribution in [1.29, 1.82) is 0 Å². The zero-order chi connectivity index (χ0) is 18.7. The van der Waals surface area contributed by atoms with Gasteiger partial charge in [-0.25, -0.2) is 4.39 Å². The summed E-state index contributed by atoms with van der Waals surface area (Å²) in [6.07, 6.45) is 1.47. The van der Waals surface area contributed by atoms with Crippen molar-refractivity contribution in [2.24, 2.45) is 5.92 Å². The monoisotopic (exact) mass is 374 g/mol. The fourth-order valence-electron chi connectivity index (χ4n) is 3.07. The molecule has 1 unspecified atom stereocenters. The SMILES string of the molecule is Cc1ccc(NC(=O)C2CCCN(C(=O)c3ccc(F)cc3)C2)cc1Cl. The van der Waals surface area contributed by atoms with Gasteiger partial charge < -0.3 is 10.2 Å². The van der Waals surface area contributed by atoms with E-state index in [0.29, 0.717) is 29.4 Å². The standard InChI is InChI=1S/C20H20ClFN2O2/c1-13-4-9-17(11-18(13)21)23-19(25)15-3-2-10-24(12-15)20(26)14-5-7-16(22)8-6-14/h4-9,11,15H,2-3,10,12H2,1H3,(H,23,25). The van der Waals surface area contributed by atoms with Gasteiger partial charge in [0.1, 0.15) is 5.82 Å². The Labute approximate surface area is 157 Å². The van der Waals surface area contributed by atoms with Crippen LogP contribution in [-0.2, 0) is 4.79 Å². The molecule has 2 aromatic rings. The van der Waals surface area contributed by atoms with Gasteiger partial charge in [0, 0.05) is 29.4 Å².